The van der Waals surface area contributed by atoms with Crippen molar-refractivity contribution in [3.8, 4) is 0 Å². The Morgan fingerprint density at radius 1 is 1.38 bits per heavy atom. The van der Waals surface area contributed by atoms with Crippen LogP contribution in [0.1, 0.15) is 19.3 Å². The number of hydrogen-bond donors (Lipinski definition) is 0. The third-order valence-corrected chi connectivity index (χ3v) is 5.00. The minimum atomic E-state index is -2.93. The summed E-state index contributed by atoms with van der Waals surface area (Å²) >= 11 is 0. The summed E-state index contributed by atoms with van der Waals surface area (Å²) in [5.41, 5.74) is 0. The summed E-state index contributed by atoms with van der Waals surface area (Å²) in [6.07, 6.45) is 3.40. The number of nitrogens with zero attached hydrogens (tertiary/aromatic N) is 1. The minimum absolute atomic E-state index is 0.0912. The number of amides is 1. The molecule has 2 heterocycles. The van der Waals surface area contributed by atoms with Crippen molar-refractivity contribution in [3.63, 3.8) is 0 Å². The van der Waals surface area contributed by atoms with Gasteiger partial charge in [-0.3, -0.25) is 4.79 Å². The van der Waals surface area contributed by atoms with E-state index in [1.165, 1.54) is 0 Å². The summed E-state index contributed by atoms with van der Waals surface area (Å²) in [6, 6.07) is -0.147. The zero-order valence-electron chi connectivity index (χ0n) is 9.17. The van der Waals surface area contributed by atoms with Crippen LogP contribution in [-0.4, -0.2) is 56.5 Å². The number of rotatable bonds is 4. The van der Waals surface area contributed by atoms with Crippen LogP contribution in [0.5, 0.6) is 0 Å². The molecule has 2 saturated heterocycles. The molecule has 16 heavy (non-hydrogen) atoms. The van der Waals surface area contributed by atoms with E-state index in [-0.39, 0.29) is 23.7 Å². The van der Waals surface area contributed by atoms with Crippen LogP contribution >= 0.6 is 0 Å². The van der Waals surface area contributed by atoms with E-state index in [1.807, 2.05) is 0 Å². The second-order valence-electron chi connectivity index (χ2n) is 4.49. The highest BCUT2D eigenvalue weighted by Crippen LogP contribution is 2.19. The summed E-state index contributed by atoms with van der Waals surface area (Å²) in [5, 5.41) is 0. The van der Waals surface area contributed by atoms with Gasteiger partial charge in [0.05, 0.1) is 17.6 Å². The molecule has 6 heteroatoms. The van der Waals surface area contributed by atoms with Crippen molar-refractivity contribution in [3.05, 3.63) is 0 Å². The second-order valence-corrected chi connectivity index (χ2v) is 6.72. The van der Waals surface area contributed by atoms with Gasteiger partial charge in [0, 0.05) is 19.2 Å². The standard InChI is InChI=1S/C10H17NO4S/c12-8-11(6-10-2-1-4-15-10)9-3-5-16(13,14)7-9/h8-10H,1-7H2/t9-,10-/m0/s1. The first-order valence-corrected chi connectivity index (χ1v) is 7.46. The molecule has 0 unspecified atom stereocenters. The Hall–Kier alpha value is -0.620. The van der Waals surface area contributed by atoms with Gasteiger partial charge in [-0.25, -0.2) is 8.42 Å². The van der Waals surface area contributed by atoms with Gasteiger partial charge in [0.15, 0.2) is 9.84 Å². The average molecular weight is 247 g/mol. The second kappa shape index (κ2) is 4.71. The third kappa shape index (κ3) is 2.74. The molecule has 2 atom stereocenters. The molecule has 2 aliphatic heterocycles. The van der Waals surface area contributed by atoms with Crippen LogP contribution in [0.4, 0.5) is 0 Å². The summed E-state index contributed by atoms with van der Waals surface area (Å²) in [6.45, 7) is 1.28. The number of sulfone groups is 1. The van der Waals surface area contributed by atoms with Gasteiger partial charge >= 0.3 is 0 Å². The maximum absolute atomic E-state index is 11.3. The van der Waals surface area contributed by atoms with Gasteiger partial charge in [-0.15, -0.1) is 0 Å². The van der Waals surface area contributed by atoms with Crippen molar-refractivity contribution >= 4 is 16.2 Å². The lowest BCUT2D eigenvalue weighted by molar-refractivity contribution is -0.121. The number of hydrogen-bond acceptors (Lipinski definition) is 4. The number of ether oxygens (including phenoxy) is 1. The summed E-state index contributed by atoms with van der Waals surface area (Å²) in [4.78, 5) is 12.6. The first-order valence-electron chi connectivity index (χ1n) is 5.64. The maximum atomic E-state index is 11.3. The van der Waals surface area contributed by atoms with Crippen molar-refractivity contribution in [2.45, 2.75) is 31.4 Å². The van der Waals surface area contributed by atoms with E-state index < -0.39 is 9.84 Å². The minimum Gasteiger partial charge on any atom is -0.376 e. The van der Waals surface area contributed by atoms with Gasteiger partial charge < -0.3 is 9.64 Å². The Kier molecular flexibility index (Phi) is 3.49. The molecule has 0 aromatic carbocycles. The van der Waals surface area contributed by atoms with Gasteiger partial charge in [-0.2, -0.15) is 0 Å². The molecule has 0 spiro atoms. The molecular weight excluding hydrogens is 230 g/mol. The van der Waals surface area contributed by atoms with E-state index >= 15 is 0 Å². The monoisotopic (exact) mass is 247 g/mol. The Balaban J connectivity index is 1.92. The van der Waals surface area contributed by atoms with Crippen LogP contribution in [0.15, 0.2) is 0 Å². The van der Waals surface area contributed by atoms with Crippen LogP contribution in [0.25, 0.3) is 0 Å². The van der Waals surface area contributed by atoms with Gasteiger partial charge in [0.1, 0.15) is 0 Å². The summed E-state index contributed by atoms with van der Waals surface area (Å²) in [5.74, 6) is 0.311. The van der Waals surface area contributed by atoms with Crippen molar-refractivity contribution in [2.24, 2.45) is 0 Å². The molecule has 0 radical (unpaired) electrons. The highest BCUT2D eigenvalue weighted by atomic mass is 32.2. The highest BCUT2D eigenvalue weighted by molar-refractivity contribution is 7.91. The third-order valence-electron chi connectivity index (χ3n) is 3.25. The highest BCUT2D eigenvalue weighted by Gasteiger charge is 2.33. The molecule has 0 saturated carbocycles. The predicted octanol–water partition coefficient (Wildman–Crippen LogP) is -0.189. The van der Waals surface area contributed by atoms with Crippen LogP contribution < -0.4 is 0 Å². The van der Waals surface area contributed by atoms with Crippen LogP contribution in [0.2, 0.25) is 0 Å². The smallest absolute Gasteiger partial charge is 0.210 e. The van der Waals surface area contributed by atoms with E-state index in [2.05, 4.69) is 0 Å². The largest absolute Gasteiger partial charge is 0.376 e. The normalized spacial score (nSPS) is 32.8. The quantitative estimate of drug-likeness (QED) is 0.646. The molecule has 0 bridgehead atoms. The maximum Gasteiger partial charge on any atom is 0.210 e. The average Bonchev–Trinajstić information content (AvgIpc) is 2.83. The summed E-state index contributed by atoms with van der Waals surface area (Å²) in [7, 11) is -2.93. The zero-order chi connectivity index (χ0) is 11.6. The van der Waals surface area contributed by atoms with Gasteiger partial charge in [0.2, 0.25) is 6.41 Å². The Morgan fingerprint density at radius 3 is 2.69 bits per heavy atom. The van der Waals surface area contributed by atoms with Gasteiger partial charge in [-0.05, 0) is 19.3 Å². The Morgan fingerprint density at radius 2 is 2.19 bits per heavy atom. The van der Waals surface area contributed by atoms with Crippen molar-refractivity contribution in [1.82, 2.24) is 4.90 Å². The molecule has 2 aliphatic rings. The van der Waals surface area contributed by atoms with Crippen molar-refractivity contribution in [1.29, 1.82) is 0 Å². The van der Waals surface area contributed by atoms with Crippen molar-refractivity contribution < 1.29 is 17.9 Å². The number of carbonyl (C=O) groups excluding carboxylic acids is 1. The molecular formula is C10H17NO4S. The molecule has 0 aromatic heterocycles. The van der Waals surface area contributed by atoms with Crippen LogP contribution in [0, 0.1) is 0 Å². The van der Waals surface area contributed by atoms with Gasteiger partial charge in [-0.1, -0.05) is 0 Å². The van der Waals surface area contributed by atoms with Crippen LogP contribution in [-0.2, 0) is 19.4 Å². The van der Waals surface area contributed by atoms with E-state index in [9.17, 15) is 13.2 Å². The van der Waals surface area contributed by atoms with Gasteiger partial charge in [0.25, 0.3) is 0 Å². The SMILES string of the molecule is O=CN(C[C@@H]1CCCO1)[C@H]1CCS(=O)(=O)C1. The molecule has 0 aliphatic carbocycles. The fourth-order valence-electron chi connectivity index (χ4n) is 2.34. The fraction of sp³-hybridized carbons (Fsp3) is 0.900. The Bertz CT molecular complexity index is 348. The molecule has 0 N–H and O–H groups in total. The first kappa shape index (κ1) is 11.9. The molecule has 2 fully saturated rings. The Labute approximate surface area is 95.7 Å². The molecule has 92 valence electrons. The number of carbonyl (C=O) groups is 1. The lowest BCUT2D eigenvalue weighted by atomic mass is 10.2. The lowest BCUT2D eigenvalue weighted by Gasteiger charge is -2.26. The van der Waals surface area contributed by atoms with E-state index in [4.69, 9.17) is 4.74 Å². The molecule has 2 rings (SSSR count). The fourth-order valence-corrected chi connectivity index (χ4v) is 4.08. The van der Waals surface area contributed by atoms with E-state index in [1.54, 1.807) is 4.90 Å². The molecule has 0 aromatic rings. The van der Waals surface area contributed by atoms with E-state index in [0.29, 0.717) is 13.0 Å². The molecule has 1 amide bonds. The predicted molar refractivity (Wildman–Crippen MR) is 58.8 cm³/mol. The van der Waals surface area contributed by atoms with E-state index in [0.717, 1.165) is 25.9 Å². The summed E-state index contributed by atoms with van der Waals surface area (Å²) < 4.78 is 28.1. The topological polar surface area (TPSA) is 63.7 Å². The zero-order valence-corrected chi connectivity index (χ0v) is 9.99. The molecule has 5 nitrogen and oxygen atoms in total. The van der Waals surface area contributed by atoms with Crippen molar-refractivity contribution in [2.75, 3.05) is 24.7 Å². The first-order chi connectivity index (χ1) is 7.61. The van der Waals surface area contributed by atoms with Crippen LogP contribution in [0.3, 0.4) is 0 Å². The lowest BCUT2D eigenvalue weighted by Crippen LogP contribution is -2.40.